The van der Waals surface area contributed by atoms with Gasteiger partial charge in [0.15, 0.2) is 5.82 Å². The number of rotatable bonds is 6. The zero-order valence-corrected chi connectivity index (χ0v) is 9.50. The number of nitrogens with one attached hydrogen (secondary N) is 1. The van der Waals surface area contributed by atoms with E-state index in [2.05, 4.69) is 15.5 Å². The Morgan fingerprint density at radius 1 is 1.67 bits per heavy atom. The van der Waals surface area contributed by atoms with Crippen molar-refractivity contribution in [3.63, 3.8) is 0 Å². The number of hydrogen-bond acceptors (Lipinski definition) is 3. The second-order valence-corrected chi connectivity index (χ2v) is 3.48. The van der Waals surface area contributed by atoms with E-state index >= 15 is 0 Å². The standard InChI is InChI=1S/C9H15ClN4O/c1-2-14-7-12-13-8(14)6-11-9(15)4-3-5-10/h7H,2-6H2,1H3,(H,11,15). The fraction of sp³-hybridized carbons (Fsp3) is 0.667. The van der Waals surface area contributed by atoms with Gasteiger partial charge in [-0.2, -0.15) is 0 Å². The van der Waals surface area contributed by atoms with Crippen LogP contribution >= 0.6 is 11.6 Å². The van der Waals surface area contributed by atoms with Crippen LogP contribution in [-0.2, 0) is 17.9 Å². The molecule has 0 saturated carbocycles. The topological polar surface area (TPSA) is 59.8 Å². The normalized spacial score (nSPS) is 10.3. The van der Waals surface area contributed by atoms with Crippen LogP contribution in [0.3, 0.4) is 0 Å². The van der Waals surface area contributed by atoms with Crippen LogP contribution in [0.5, 0.6) is 0 Å². The Morgan fingerprint density at radius 3 is 3.13 bits per heavy atom. The highest BCUT2D eigenvalue weighted by atomic mass is 35.5. The molecule has 1 aromatic rings. The fourth-order valence-electron chi connectivity index (χ4n) is 1.17. The van der Waals surface area contributed by atoms with E-state index in [1.807, 2.05) is 11.5 Å². The molecule has 0 spiro atoms. The first-order valence-corrected chi connectivity index (χ1v) is 5.50. The van der Waals surface area contributed by atoms with Crippen molar-refractivity contribution in [1.29, 1.82) is 0 Å². The van der Waals surface area contributed by atoms with Crippen LogP contribution in [0.1, 0.15) is 25.6 Å². The Hall–Kier alpha value is -1.10. The zero-order valence-electron chi connectivity index (χ0n) is 8.74. The number of carbonyl (C=O) groups excluding carboxylic acids is 1. The summed E-state index contributed by atoms with van der Waals surface area (Å²) >= 11 is 5.49. The highest BCUT2D eigenvalue weighted by molar-refractivity contribution is 6.17. The maximum absolute atomic E-state index is 11.3. The average Bonchev–Trinajstić information content (AvgIpc) is 2.70. The van der Waals surface area contributed by atoms with Crippen molar-refractivity contribution in [2.75, 3.05) is 5.88 Å². The molecule has 0 saturated heterocycles. The third-order valence-electron chi connectivity index (χ3n) is 2.02. The van der Waals surface area contributed by atoms with E-state index in [4.69, 9.17) is 11.6 Å². The lowest BCUT2D eigenvalue weighted by Crippen LogP contribution is -2.24. The van der Waals surface area contributed by atoms with E-state index < -0.39 is 0 Å². The van der Waals surface area contributed by atoms with Gasteiger partial charge in [0.25, 0.3) is 0 Å². The van der Waals surface area contributed by atoms with Crippen molar-refractivity contribution in [2.24, 2.45) is 0 Å². The first kappa shape index (κ1) is 12.0. The summed E-state index contributed by atoms with van der Waals surface area (Å²) in [7, 11) is 0. The van der Waals surface area contributed by atoms with Crippen molar-refractivity contribution in [3.05, 3.63) is 12.2 Å². The highest BCUT2D eigenvalue weighted by Crippen LogP contribution is 1.96. The molecule has 0 bridgehead atoms. The predicted molar refractivity (Wildman–Crippen MR) is 57.5 cm³/mol. The second-order valence-electron chi connectivity index (χ2n) is 3.10. The molecule has 0 aromatic carbocycles. The van der Waals surface area contributed by atoms with Gasteiger partial charge in [-0.3, -0.25) is 4.79 Å². The number of aromatic nitrogens is 3. The molecule has 0 radical (unpaired) electrons. The Bertz CT molecular complexity index is 313. The van der Waals surface area contributed by atoms with Crippen LogP contribution < -0.4 is 5.32 Å². The number of hydrogen-bond donors (Lipinski definition) is 1. The van der Waals surface area contributed by atoms with Crippen molar-refractivity contribution < 1.29 is 4.79 Å². The summed E-state index contributed by atoms with van der Waals surface area (Å²) in [6.45, 7) is 3.23. The van der Waals surface area contributed by atoms with Gasteiger partial charge in [0.05, 0.1) is 6.54 Å². The van der Waals surface area contributed by atoms with Crippen LogP contribution in [0, 0.1) is 0 Å². The molecule has 6 heteroatoms. The first-order chi connectivity index (χ1) is 7.27. The highest BCUT2D eigenvalue weighted by Gasteiger charge is 2.05. The third kappa shape index (κ3) is 3.87. The largest absolute Gasteiger partial charge is 0.349 e. The smallest absolute Gasteiger partial charge is 0.220 e. The molecule has 0 fully saturated rings. The molecule has 0 aliphatic rings. The molecule has 15 heavy (non-hydrogen) atoms. The first-order valence-electron chi connectivity index (χ1n) is 4.97. The molecule has 0 atom stereocenters. The van der Waals surface area contributed by atoms with Crippen molar-refractivity contribution in [2.45, 2.75) is 32.9 Å². The Morgan fingerprint density at radius 2 is 2.47 bits per heavy atom. The molecule has 0 aliphatic heterocycles. The molecule has 1 amide bonds. The third-order valence-corrected chi connectivity index (χ3v) is 2.28. The number of carbonyl (C=O) groups is 1. The molecule has 0 unspecified atom stereocenters. The molecule has 0 aliphatic carbocycles. The van der Waals surface area contributed by atoms with E-state index in [-0.39, 0.29) is 5.91 Å². The van der Waals surface area contributed by atoms with Gasteiger partial charge in [-0.15, -0.1) is 21.8 Å². The minimum Gasteiger partial charge on any atom is -0.349 e. The summed E-state index contributed by atoms with van der Waals surface area (Å²) in [5.74, 6) is 1.29. The molecule has 1 rings (SSSR count). The lowest BCUT2D eigenvalue weighted by atomic mass is 10.3. The SMILES string of the molecule is CCn1cnnc1CNC(=O)CCCCl. The zero-order chi connectivity index (χ0) is 11.1. The van der Waals surface area contributed by atoms with Crippen molar-refractivity contribution in [1.82, 2.24) is 20.1 Å². The summed E-state index contributed by atoms with van der Waals surface area (Å²) in [4.78, 5) is 11.3. The van der Waals surface area contributed by atoms with Gasteiger partial charge >= 0.3 is 0 Å². The molecular weight excluding hydrogens is 216 g/mol. The molecular formula is C9H15ClN4O. The predicted octanol–water partition coefficient (Wildman–Crippen LogP) is 0.933. The lowest BCUT2D eigenvalue weighted by molar-refractivity contribution is -0.121. The fourth-order valence-corrected chi connectivity index (χ4v) is 1.31. The Balaban J connectivity index is 2.33. The average molecular weight is 231 g/mol. The summed E-state index contributed by atoms with van der Waals surface area (Å²) in [5, 5.41) is 10.5. The molecule has 1 heterocycles. The monoisotopic (exact) mass is 230 g/mol. The van der Waals surface area contributed by atoms with Crippen LogP contribution in [-0.4, -0.2) is 26.6 Å². The van der Waals surface area contributed by atoms with Crippen LogP contribution in [0.4, 0.5) is 0 Å². The van der Waals surface area contributed by atoms with Crippen LogP contribution in [0.25, 0.3) is 0 Å². The molecule has 84 valence electrons. The molecule has 5 nitrogen and oxygen atoms in total. The van der Waals surface area contributed by atoms with Gasteiger partial charge in [0.2, 0.25) is 5.91 Å². The molecule has 1 N–H and O–H groups in total. The van der Waals surface area contributed by atoms with E-state index in [1.165, 1.54) is 0 Å². The van der Waals surface area contributed by atoms with Gasteiger partial charge in [-0.05, 0) is 13.3 Å². The maximum atomic E-state index is 11.3. The number of aryl methyl sites for hydroxylation is 1. The summed E-state index contributed by atoms with van der Waals surface area (Å²) in [5.41, 5.74) is 0. The van der Waals surface area contributed by atoms with Crippen molar-refractivity contribution >= 4 is 17.5 Å². The van der Waals surface area contributed by atoms with Gasteiger partial charge < -0.3 is 9.88 Å². The van der Waals surface area contributed by atoms with Crippen LogP contribution in [0.15, 0.2) is 6.33 Å². The van der Waals surface area contributed by atoms with Gasteiger partial charge in [-0.25, -0.2) is 0 Å². The minimum absolute atomic E-state index is 0.00121. The summed E-state index contributed by atoms with van der Waals surface area (Å²) < 4.78 is 1.89. The Labute approximate surface area is 93.8 Å². The number of alkyl halides is 1. The van der Waals surface area contributed by atoms with Crippen LogP contribution in [0.2, 0.25) is 0 Å². The van der Waals surface area contributed by atoms with Gasteiger partial charge in [0.1, 0.15) is 6.33 Å². The maximum Gasteiger partial charge on any atom is 0.220 e. The summed E-state index contributed by atoms with van der Waals surface area (Å²) in [6.07, 6.45) is 2.82. The van der Waals surface area contributed by atoms with E-state index in [1.54, 1.807) is 6.33 Å². The number of amides is 1. The van der Waals surface area contributed by atoms with Gasteiger partial charge in [0, 0.05) is 18.8 Å². The molecule has 1 aromatic heterocycles. The summed E-state index contributed by atoms with van der Waals surface area (Å²) in [6, 6.07) is 0. The minimum atomic E-state index is 0.00121. The number of nitrogens with zero attached hydrogens (tertiary/aromatic N) is 3. The quantitative estimate of drug-likeness (QED) is 0.740. The van der Waals surface area contributed by atoms with Crippen molar-refractivity contribution in [3.8, 4) is 0 Å². The van der Waals surface area contributed by atoms with E-state index in [0.717, 1.165) is 12.4 Å². The second kappa shape index (κ2) is 6.40. The Kier molecular flexibility index (Phi) is 5.10. The van der Waals surface area contributed by atoms with E-state index in [9.17, 15) is 4.79 Å². The lowest BCUT2D eigenvalue weighted by Gasteiger charge is -2.05. The number of halogens is 1. The van der Waals surface area contributed by atoms with Gasteiger partial charge in [-0.1, -0.05) is 0 Å². The van der Waals surface area contributed by atoms with E-state index in [0.29, 0.717) is 25.3 Å².